The molecule has 12 heteroatoms. The number of nitrogens with one attached hydrogen (secondary N) is 2. The lowest BCUT2D eigenvalue weighted by Gasteiger charge is -2.16. The van der Waals surface area contributed by atoms with Crippen molar-refractivity contribution in [3.8, 4) is 5.82 Å². The molecule has 0 saturated carbocycles. The minimum Gasteiger partial charge on any atom is -0.350 e. The number of rotatable bonds is 7. The van der Waals surface area contributed by atoms with Crippen LogP contribution in [-0.4, -0.2) is 47.6 Å². The Morgan fingerprint density at radius 1 is 1.11 bits per heavy atom. The predicted octanol–water partition coefficient (Wildman–Crippen LogP) is 3.91. The van der Waals surface area contributed by atoms with E-state index >= 15 is 0 Å². The number of hydrogen-bond acceptors (Lipinski definition) is 6. The first-order chi connectivity index (χ1) is 16.7. The normalized spacial score (nSPS) is 11.0. The Morgan fingerprint density at radius 2 is 1.91 bits per heavy atom. The van der Waals surface area contributed by atoms with Gasteiger partial charge < -0.3 is 10.6 Å². The highest BCUT2D eigenvalue weighted by molar-refractivity contribution is 6.32. The number of nitrogens with zero attached hydrogens (tertiary/aromatic N) is 6. The molecule has 3 heterocycles. The van der Waals surface area contributed by atoms with Crippen LogP contribution < -0.4 is 10.6 Å². The molecule has 0 spiro atoms. The van der Waals surface area contributed by atoms with Crippen LogP contribution in [0.1, 0.15) is 46.0 Å². The van der Waals surface area contributed by atoms with E-state index < -0.39 is 5.91 Å². The van der Waals surface area contributed by atoms with Crippen LogP contribution in [0.15, 0.2) is 48.9 Å². The van der Waals surface area contributed by atoms with Gasteiger partial charge in [0.2, 0.25) is 0 Å². The van der Waals surface area contributed by atoms with Gasteiger partial charge in [-0.3, -0.25) is 9.59 Å². The minimum absolute atomic E-state index is 0.0996. The molecule has 0 aliphatic rings. The average molecular weight is 513 g/mol. The summed E-state index contributed by atoms with van der Waals surface area (Å²) in [4.78, 5) is 30.6. The number of benzene rings is 1. The molecule has 0 bridgehead atoms. The number of aromatic nitrogens is 6. The third-order valence-electron chi connectivity index (χ3n) is 4.93. The van der Waals surface area contributed by atoms with Crippen molar-refractivity contribution in [3.63, 3.8) is 0 Å². The number of halogens is 2. The minimum atomic E-state index is -0.506. The van der Waals surface area contributed by atoms with Gasteiger partial charge >= 0.3 is 0 Å². The summed E-state index contributed by atoms with van der Waals surface area (Å²) >= 11 is 12.6. The van der Waals surface area contributed by atoms with Crippen molar-refractivity contribution in [3.05, 3.63) is 81.5 Å². The quantitative estimate of drug-likeness (QED) is 0.387. The van der Waals surface area contributed by atoms with E-state index in [1.54, 1.807) is 54.5 Å². The van der Waals surface area contributed by atoms with Gasteiger partial charge in [0.25, 0.3) is 11.8 Å². The van der Waals surface area contributed by atoms with Gasteiger partial charge in [-0.05, 0) is 56.7 Å². The molecule has 4 rings (SSSR count). The van der Waals surface area contributed by atoms with Crippen molar-refractivity contribution in [2.45, 2.75) is 33.4 Å². The van der Waals surface area contributed by atoms with E-state index in [1.165, 1.54) is 10.7 Å². The Labute approximate surface area is 211 Å². The summed E-state index contributed by atoms with van der Waals surface area (Å²) in [5.74, 6) is -0.572. The van der Waals surface area contributed by atoms with Crippen molar-refractivity contribution in [1.29, 1.82) is 0 Å². The molecule has 0 saturated heterocycles. The van der Waals surface area contributed by atoms with Crippen LogP contribution in [0, 0.1) is 6.92 Å². The second-order valence-corrected chi connectivity index (χ2v) is 8.91. The largest absolute Gasteiger partial charge is 0.350 e. The Hall–Kier alpha value is -3.76. The molecule has 2 N–H and O–H groups in total. The van der Waals surface area contributed by atoms with Gasteiger partial charge in [-0.1, -0.05) is 28.4 Å². The zero-order chi connectivity index (χ0) is 25.1. The van der Waals surface area contributed by atoms with Crippen LogP contribution in [0.4, 0.5) is 5.69 Å². The van der Waals surface area contributed by atoms with Crippen LogP contribution >= 0.6 is 23.2 Å². The van der Waals surface area contributed by atoms with E-state index in [9.17, 15) is 9.59 Å². The summed E-state index contributed by atoms with van der Waals surface area (Å²) in [6.07, 6.45) is 4.79. The van der Waals surface area contributed by atoms with Crippen molar-refractivity contribution in [2.24, 2.45) is 0 Å². The lowest BCUT2D eigenvalue weighted by Crippen LogP contribution is -2.31. The van der Waals surface area contributed by atoms with Crippen molar-refractivity contribution in [1.82, 2.24) is 35.1 Å². The zero-order valence-electron chi connectivity index (χ0n) is 19.2. The van der Waals surface area contributed by atoms with Crippen molar-refractivity contribution >= 4 is 40.7 Å². The molecule has 10 nitrogen and oxygen atoms in total. The third kappa shape index (κ3) is 5.50. The molecule has 1 aromatic carbocycles. The van der Waals surface area contributed by atoms with E-state index in [-0.39, 0.29) is 35.6 Å². The summed E-state index contributed by atoms with van der Waals surface area (Å²) in [6, 6.07) is 8.04. The molecule has 0 radical (unpaired) electrons. The van der Waals surface area contributed by atoms with Crippen LogP contribution in [0.5, 0.6) is 0 Å². The van der Waals surface area contributed by atoms with Gasteiger partial charge in [-0.15, -0.1) is 5.10 Å². The highest BCUT2D eigenvalue weighted by Gasteiger charge is 2.23. The van der Waals surface area contributed by atoms with Crippen LogP contribution in [0.2, 0.25) is 10.0 Å². The first kappa shape index (κ1) is 24.4. The lowest BCUT2D eigenvalue weighted by atomic mass is 10.1. The molecule has 3 aromatic heterocycles. The average Bonchev–Trinajstić information content (AvgIpc) is 3.45. The van der Waals surface area contributed by atoms with Gasteiger partial charge in [-0.25, -0.2) is 14.3 Å². The number of carbonyl (C=O) groups is 2. The highest BCUT2D eigenvalue weighted by atomic mass is 35.5. The fourth-order valence-corrected chi connectivity index (χ4v) is 3.93. The van der Waals surface area contributed by atoms with Gasteiger partial charge in [0, 0.05) is 23.5 Å². The first-order valence-electron chi connectivity index (χ1n) is 10.7. The van der Waals surface area contributed by atoms with Gasteiger partial charge in [0.1, 0.15) is 5.69 Å². The Balaban J connectivity index is 1.75. The number of pyridine rings is 1. The molecule has 0 fully saturated rings. The summed E-state index contributed by atoms with van der Waals surface area (Å²) in [6.45, 7) is 5.73. The smallest absolute Gasteiger partial charge is 0.274 e. The Morgan fingerprint density at radius 3 is 2.60 bits per heavy atom. The topological polar surface area (TPSA) is 120 Å². The summed E-state index contributed by atoms with van der Waals surface area (Å²) in [5, 5.41) is 18.7. The maximum Gasteiger partial charge on any atom is 0.274 e. The Kier molecular flexibility index (Phi) is 7.13. The van der Waals surface area contributed by atoms with Gasteiger partial charge in [0.15, 0.2) is 5.82 Å². The monoisotopic (exact) mass is 512 g/mol. The van der Waals surface area contributed by atoms with Crippen molar-refractivity contribution in [2.75, 3.05) is 5.32 Å². The molecule has 4 aromatic rings. The van der Waals surface area contributed by atoms with Gasteiger partial charge in [-0.2, -0.15) is 5.10 Å². The van der Waals surface area contributed by atoms with E-state index in [1.807, 2.05) is 13.8 Å². The number of hydrogen-bond donors (Lipinski definition) is 2. The van der Waals surface area contributed by atoms with Crippen molar-refractivity contribution < 1.29 is 9.59 Å². The Bertz CT molecular complexity index is 1380. The lowest BCUT2D eigenvalue weighted by molar-refractivity contribution is 0.0944. The molecule has 0 aliphatic heterocycles. The molecule has 180 valence electrons. The molecular formula is C23H22Cl2N8O2. The number of aryl methyl sites for hydroxylation is 1. The molecular weight excluding hydrogens is 491 g/mol. The van der Waals surface area contributed by atoms with E-state index in [0.29, 0.717) is 27.0 Å². The summed E-state index contributed by atoms with van der Waals surface area (Å²) in [7, 11) is 0. The van der Waals surface area contributed by atoms with Crippen LogP contribution in [-0.2, 0) is 6.54 Å². The van der Waals surface area contributed by atoms with Crippen LogP contribution in [0.25, 0.3) is 5.82 Å². The SMILES string of the molecule is Cc1cc(Cl)cc(C(=O)NC(C)C)c1NC(=O)c1cc(Cn2ccnn2)nn1-c1ncccc1Cl. The zero-order valence-corrected chi connectivity index (χ0v) is 20.7. The fraction of sp³-hybridized carbons (Fsp3) is 0.217. The van der Waals surface area contributed by atoms with E-state index in [0.717, 1.165) is 0 Å². The van der Waals surface area contributed by atoms with Gasteiger partial charge in [0.05, 0.1) is 34.7 Å². The maximum absolute atomic E-state index is 13.5. The molecule has 35 heavy (non-hydrogen) atoms. The third-order valence-corrected chi connectivity index (χ3v) is 5.44. The fourth-order valence-electron chi connectivity index (χ4n) is 3.45. The second kappa shape index (κ2) is 10.2. The van der Waals surface area contributed by atoms with E-state index in [2.05, 4.69) is 31.0 Å². The number of amides is 2. The molecule has 2 amide bonds. The second-order valence-electron chi connectivity index (χ2n) is 8.07. The number of carbonyl (C=O) groups excluding carboxylic acids is 2. The standard InChI is InChI=1S/C23H22Cl2N8O2/c1-13(2)28-22(34)17-10-15(24)9-14(3)20(17)29-23(35)19-11-16(12-32-8-7-27-31-32)30-33(19)21-18(25)5-4-6-26-21/h4-11,13H,12H2,1-3H3,(H,28,34)(H,29,35). The highest BCUT2D eigenvalue weighted by Crippen LogP contribution is 2.27. The molecule has 0 aliphatic carbocycles. The predicted molar refractivity (Wildman–Crippen MR) is 132 cm³/mol. The summed E-state index contributed by atoms with van der Waals surface area (Å²) < 4.78 is 2.94. The summed E-state index contributed by atoms with van der Waals surface area (Å²) in [5.41, 5.74) is 1.93. The number of anilines is 1. The van der Waals surface area contributed by atoms with Crippen LogP contribution in [0.3, 0.4) is 0 Å². The maximum atomic E-state index is 13.5. The first-order valence-corrected chi connectivity index (χ1v) is 11.4. The molecule has 0 unspecified atom stereocenters. The molecule has 0 atom stereocenters. The van der Waals surface area contributed by atoms with E-state index in [4.69, 9.17) is 23.2 Å².